The molecule has 1 amide bonds. The van der Waals surface area contributed by atoms with E-state index in [0.29, 0.717) is 11.4 Å². The number of nitrogens with one attached hydrogen (secondary N) is 1. The maximum Gasteiger partial charge on any atom is 0.224 e. The van der Waals surface area contributed by atoms with Gasteiger partial charge in [0.15, 0.2) is 0 Å². The summed E-state index contributed by atoms with van der Waals surface area (Å²) in [6.07, 6.45) is 4.92. The molecule has 0 radical (unpaired) electrons. The molecule has 1 fully saturated rings. The van der Waals surface area contributed by atoms with Crippen molar-refractivity contribution < 1.29 is 4.79 Å². The smallest absolute Gasteiger partial charge is 0.224 e. The van der Waals surface area contributed by atoms with E-state index in [2.05, 4.69) is 28.2 Å². The monoisotopic (exact) mass is 357 g/mol. The summed E-state index contributed by atoms with van der Waals surface area (Å²) in [5.74, 6) is 0.872. The Morgan fingerprint density at radius 1 is 1.35 bits per heavy atom. The van der Waals surface area contributed by atoms with E-state index in [0.717, 1.165) is 29.7 Å². The second-order valence-electron chi connectivity index (χ2n) is 5.95. The first-order valence-electron chi connectivity index (χ1n) is 7.14. The molecule has 4 heteroatoms. The molecule has 2 rings (SSSR count). The Labute approximate surface area is 134 Å². The summed E-state index contributed by atoms with van der Waals surface area (Å²) in [4.78, 5) is 12.2. The molecule has 0 unspecified atom stereocenters. The van der Waals surface area contributed by atoms with Crippen LogP contribution in [0.25, 0.3) is 0 Å². The number of amides is 1. The fourth-order valence-electron chi connectivity index (χ4n) is 2.73. The minimum absolute atomic E-state index is 0.0595. The van der Waals surface area contributed by atoms with Crippen molar-refractivity contribution in [3.63, 3.8) is 0 Å². The van der Waals surface area contributed by atoms with E-state index in [1.54, 1.807) is 0 Å². The summed E-state index contributed by atoms with van der Waals surface area (Å²) in [6.45, 7) is 2.29. The second-order valence-corrected chi connectivity index (χ2v) is 6.95. The third kappa shape index (κ3) is 4.23. The lowest BCUT2D eigenvalue weighted by molar-refractivity contribution is -0.122. The SMILES string of the molecule is CC1CCC(CBr)(NC(=O)Cc2ccc(Cl)cc2)CC1. The highest BCUT2D eigenvalue weighted by Gasteiger charge is 2.34. The summed E-state index contributed by atoms with van der Waals surface area (Å²) in [6, 6.07) is 7.47. The third-order valence-electron chi connectivity index (χ3n) is 4.17. The molecule has 1 aromatic rings. The number of alkyl halides is 1. The summed E-state index contributed by atoms with van der Waals surface area (Å²) in [5, 5.41) is 4.78. The predicted molar refractivity (Wildman–Crippen MR) is 87.5 cm³/mol. The van der Waals surface area contributed by atoms with Crippen LogP contribution in [0.15, 0.2) is 24.3 Å². The molecule has 0 saturated heterocycles. The van der Waals surface area contributed by atoms with Crippen molar-refractivity contribution in [1.82, 2.24) is 5.32 Å². The first kappa shape index (κ1) is 15.8. The molecule has 0 spiro atoms. The summed E-state index contributed by atoms with van der Waals surface area (Å²) >= 11 is 9.43. The average Bonchev–Trinajstić information content (AvgIpc) is 2.44. The van der Waals surface area contributed by atoms with Crippen molar-refractivity contribution in [3.05, 3.63) is 34.9 Å². The minimum atomic E-state index is -0.0595. The van der Waals surface area contributed by atoms with Crippen LogP contribution in [0, 0.1) is 5.92 Å². The van der Waals surface area contributed by atoms with Gasteiger partial charge in [-0.3, -0.25) is 4.79 Å². The highest BCUT2D eigenvalue weighted by molar-refractivity contribution is 9.09. The Hall–Kier alpha value is -0.540. The van der Waals surface area contributed by atoms with Gasteiger partial charge in [0.05, 0.1) is 6.42 Å². The lowest BCUT2D eigenvalue weighted by Crippen LogP contribution is -2.52. The van der Waals surface area contributed by atoms with Gasteiger partial charge in [0.25, 0.3) is 0 Å². The van der Waals surface area contributed by atoms with Gasteiger partial charge >= 0.3 is 0 Å². The predicted octanol–water partition coefficient (Wildman–Crippen LogP) is 4.34. The van der Waals surface area contributed by atoms with Gasteiger partial charge in [-0.15, -0.1) is 0 Å². The summed E-state index contributed by atoms with van der Waals surface area (Å²) in [7, 11) is 0. The summed E-state index contributed by atoms with van der Waals surface area (Å²) < 4.78 is 0. The molecule has 0 bridgehead atoms. The number of hydrogen-bond donors (Lipinski definition) is 1. The van der Waals surface area contributed by atoms with E-state index >= 15 is 0 Å². The summed E-state index contributed by atoms with van der Waals surface area (Å²) in [5.41, 5.74) is 0.941. The van der Waals surface area contributed by atoms with E-state index in [1.165, 1.54) is 12.8 Å². The van der Waals surface area contributed by atoms with Crippen molar-refractivity contribution in [2.75, 3.05) is 5.33 Å². The highest BCUT2D eigenvalue weighted by atomic mass is 79.9. The highest BCUT2D eigenvalue weighted by Crippen LogP contribution is 2.33. The molecule has 1 saturated carbocycles. The normalized spacial score (nSPS) is 26.2. The molecule has 0 heterocycles. The quantitative estimate of drug-likeness (QED) is 0.797. The fraction of sp³-hybridized carbons (Fsp3) is 0.562. The average molecular weight is 359 g/mol. The lowest BCUT2D eigenvalue weighted by Gasteiger charge is -2.39. The van der Waals surface area contributed by atoms with Gasteiger partial charge in [-0.05, 0) is 49.3 Å². The number of hydrogen-bond acceptors (Lipinski definition) is 1. The van der Waals surface area contributed by atoms with Crippen LogP contribution in [0.4, 0.5) is 0 Å². The topological polar surface area (TPSA) is 29.1 Å². The molecule has 0 aliphatic heterocycles. The van der Waals surface area contributed by atoms with Crippen LogP contribution in [-0.4, -0.2) is 16.8 Å². The first-order valence-corrected chi connectivity index (χ1v) is 8.64. The van der Waals surface area contributed by atoms with Gasteiger partial charge in [0, 0.05) is 15.9 Å². The van der Waals surface area contributed by atoms with Gasteiger partial charge in [0.1, 0.15) is 0 Å². The molecular weight excluding hydrogens is 338 g/mol. The van der Waals surface area contributed by atoms with Gasteiger partial charge in [-0.1, -0.05) is 46.6 Å². The van der Waals surface area contributed by atoms with Gasteiger partial charge in [-0.2, -0.15) is 0 Å². The molecule has 110 valence electrons. The Balaban J connectivity index is 1.94. The maximum absolute atomic E-state index is 12.2. The van der Waals surface area contributed by atoms with Gasteiger partial charge in [0.2, 0.25) is 5.91 Å². The zero-order valence-electron chi connectivity index (χ0n) is 11.8. The minimum Gasteiger partial charge on any atom is -0.350 e. The zero-order chi connectivity index (χ0) is 14.6. The van der Waals surface area contributed by atoms with Crippen molar-refractivity contribution in [2.45, 2.75) is 44.6 Å². The van der Waals surface area contributed by atoms with E-state index in [-0.39, 0.29) is 11.4 Å². The Morgan fingerprint density at radius 2 is 1.95 bits per heavy atom. The van der Waals surface area contributed by atoms with Crippen molar-refractivity contribution in [1.29, 1.82) is 0 Å². The molecule has 20 heavy (non-hydrogen) atoms. The molecule has 0 aromatic heterocycles. The van der Waals surface area contributed by atoms with Crippen LogP contribution in [0.3, 0.4) is 0 Å². The van der Waals surface area contributed by atoms with Crippen LogP contribution in [0.1, 0.15) is 38.2 Å². The van der Waals surface area contributed by atoms with Gasteiger partial charge < -0.3 is 5.32 Å². The molecule has 1 aromatic carbocycles. The Morgan fingerprint density at radius 3 is 2.50 bits per heavy atom. The van der Waals surface area contributed by atoms with Crippen molar-refractivity contribution >= 4 is 33.4 Å². The van der Waals surface area contributed by atoms with Crippen LogP contribution < -0.4 is 5.32 Å². The fourth-order valence-corrected chi connectivity index (χ4v) is 3.56. The largest absolute Gasteiger partial charge is 0.350 e. The van der Waals surface area contributed by atoms with E-state index in [4.69, 9.17) is 11.6 Å². The van der Waals surface area contributed by atoms with Crippen LogP contribution in [0.2, 0.25) is 5.02 Å². The number of halogens is 2. The van der Waals surface area contributed by atoms with Crippen molar-refractivity contribution in [2.24, 2.45) is 5.92 Å². The molecule has 2 nitrogen and oxygen atoms in total. The Kier molecular flexibility index (Phi) is 5.50. The molecule has 1 aliphatic carbocycles. The van der Waals surface area contributed by atoms with Crippen LogP contribution in [-0.2, 0) is 11.2 Å². The van der Waals surface area contributed by atoms with E-state index in [1.807, 2.05) is 24.3 Å². The number of rotatable bonds is 4. The molecule has 1 aliphatic rings. The van der Waals surface area contributed by atoms with E-state index < -0.39 is 0 Å². The van der Waals surface area contributed by atoms with Gasteiger partial charge in [-0.25, -0.2) is 0 Å². The third-order valence-corrected chi connectivity index (χ3v) is 5.50. The molecule has 1 N–H and O–H groups in total. The maximum atomic E-state index is 12.2. The zero-order valence-corrected chi connectivity index (χ0v) is 14.1. The van der Waals surface area contributed by atoms with Crippen LogP contribution in [0.5, 0.6) is 0 Å². The first-order chi connectivity index (χ1) is 9.53. The number of carbonyl (C=O) groups is 1. The standard InChI is InChI=1S/C16H21BrClNO/c1-12-6-8-16(11-17,9-7-12)19-15(20)10-13-2-4-14(18)5-3-13/h2-5,12H,6-11H2,1H3,(H,19,20). The Bertz CT molecular complexity index is 452. The lowest BCUT2D eigenvalue weighted by atomic mass is 9.78. The number of benzene rings is 1. The molecule has 0 atom stereocenters. The van der Waals surface area contributed by atoms with Crippen molar-refractivity contribution in [3.8, 4) is 0 Å². The molecular formula is C16H21BrClNO. The second kappa shape index (κ2) is 6.95. The number of carbonyl (C=O) groups excluding carboxylic acids is 1. The van der Waals surface area contributed by atoms with E-state index in [9.17, 15) is 4.79 Å². The van der Waals surface area contributed by atoms with Crippen LogP contribution >= 0.6 is 27.5 Å².